The van der Waals surface area contributed by atoms with E-state index in [0.717, 1.165) is 6.07 Å². The number of aryl methyl sites for hydroxylation is 1. The Balaban J connectivity index is 1.86. The lowest BCUT2D eigenvalue weighted by molar-refractivity contribution is -0.0276. The summed E-state index contributed by atoms with van der Waals surface area (Å²) in [4.78, 5) is 28.9. The summed E-state index contributed by atoms with van der Waals surface area (Å²) in [7, 11) is 0. The van der Waals surface area contributed by atoms with Crippen molar-refractivity contribution in [3.05, 3.63) is 58.4 Å². The van der Waals surface area contributed by atoms with Crippen LogP contribution in [0.1, 0.15) is 64.4 Å². The maximum absolute atomic E-state index is 12.6. The van der Waals surface area contributed by atoms with Crippen LogP contribution in [0.5, 0.6) is 11.5 Å². The Kier molecular flexibility index (Phi) is 6.92. The first-order chi connectivity index (χ1) is 15.6. The molecule has 1 heterocycles. The summed E-state index contributed by atoms with van der Waals surface area (Å²) in [6.07, 6.45) is 5.34. The molecule has 176 valence electrons. The van der Waals surface area contributed by atoms with Gasteiger partial charge in [-0.25, -0.2) is 4.79 Å². The Morgan fingerprint density at radius 1 is 1.24 bits per heavy atom. The van der Waals surface area contributed by atoms with E-state index in [2.05, 4.69) is 10.3 Å². The van der Waals surface area contributed by atoms with Gasteiger partial charge in [0.15, 0.2) is 0 Å². The van der Waals surface area contributed by atoms with Crippen molar-refractivity contribution in [2.24, 2.45) is 0 Å². The van der Waals surface area contributed by atoms with E-state index < -0.39 is 17.5 Å². The Hall–Kier alpha value is -3.59. The van der Waals surface area contributed by atoms with Crippen molar-refractivity contribution >= 4 is 17.6 Å². The van der Waals surface area contributed by atoms with Gasteiger partial charge in [-0.2, -0.15) is 0 Å². The van der Waals surface area contributed by atoms with Gasteiger partial charge in [-0.15, -0.1) is 0 Å². The Bertz CT molecular complexity index is 1090. The molecule has 9 nitrogen and oxygen atoms in total. The summed E-state index contributed by atoms with van der Waals surface area (Å²) in [5.41, 5.74) is 7.15. The smallest absolute Gasteiger partial charge is 0.339 e. The number of amides is 1. The number of phenols is 2. The molecule has 6 N–H and O–H groups in total. The number of nitrogens with zero attached hydrogens (tertiary/aromatic N) is 1. The summed E-state index contributed by atoms with van der Waals surface area (Å²) in [6.45, 7) is 5.54. The van der Waals surface area contributed by atoms with Crippen LogP contribution in [0.15, 0.2) is 30.4 Å². The molecule has 33 heavy (non-hydrogen) atoms. The predicted octanol–water partition coefficient (Wildman–Crippen LogP) is 3.02. The van der Waals surface area contributed by atoms with Gasteiger partial charge in [-0.1, -0.05) is 26.0 Å². The minimum atomic E-state index is -1.15. The van der Waals surface area contributed by atoms with Crippen molar-refractivity contribution in [1.82, 2.24) is 10.3 Å². The number of nitrogens with one attached hydrogen (secondary N) is 1. The van der Waals surface area contributed by atoms with E-state index in [0.29, 0.717) is 36.2 Å². The van der Waals surface area contributed by atoms with Crippen LogP contribution in [-0.4, -0.2) is 44.8 Å². The molecule has 3 rings (SSSR count). The van der Waals surface area contributed by atoms with Gasteiger partial charge < -0.3 is 31.1 Å². The summed E-state index contributed by atoms with van der Waals surface area (Å²) < 4.78 is 6.33. The number of aromatic hydroxyl groups is 2. The largest absolute Gasteiger partial charge is 0.508 e. The van der Waals surface area contributed by atoms with Gasteiger partial charge >= 0.3 is 5.97 Å². The van der Waals surface area contributed by atoms with Crippen LogP contribution in [0.2, 0.25) is 0 Å². The molecular formula is C24H29N3O6. The number of nitrogen functional groups attached to an aromatic ring is 1. The van der Waals surface area contributed by atoms with Crippen molar-refractivity contribution in [3.63, 3.8) is 0 Å². The molecule has 1 aromatic carbocycles. The van der Waals surface area contributed by atoms with Crippen LogP contribution >= 0.6 is 0 Å². The first-order valence-electron chi connectivity index (χ1n) is 10.8. The van der Waals surface area contributed by atoms with E-state index in [1.165, 1.54) is 12.1 Å². The topological polar surface area (TPSA) is 155 Å². The number of allylic oxidation sites excluding steroid dienone is 1. The van der Waals surface area contributed by atoms with Gasteiger partial charge in [0.05, 0.1) is 29.7 Å². The molecule has 2 atom stereocenters. The predicted molar refractivity (Wildman–Crippen MR) is 122 cm³/mol. The minimum Gasteiger partial charge on any atom is -0.508 e. The number of carbonyl (C=O) groups is 2. The Morgan fingerprint density at radius 2 is 1.91 bits per heavy atom. The molecule has 1 aromatic heterocycles. The van der Waals surface area contributed by atoms with Gasteiger partial charge in [-0.05, 0) is 31.9 Å². The fourth-order valence-corrected chi connectivity index (χ4v) is 4.15. The average molecular weight is 456 g/mol. The number of carboxylic acid groups (broad SMARTS) is 1. The summed E-state index contributed by atoms with van der Waals surface area (Å²) in [5, 5.41) is 31.8. The van der Waals surface area contributed by atoms with E-state index >= 15 is 0 Å². The number of ether oxygens (including phenoxy) is 1. The number of aromatic carboxylic acids is 1. The molecule has 1 aliphatic carbocycles. The number of hydrogen-bond acceptors (Lipinski definition) is 7. The number of fused-ring (bicyclic) bond motifs is 1. The van der Waals surface area contributed by atoms with E-state index in [-0.39, 0.29) is 41.0 Å². The number of carboxylic acids is 1. The second kappa shape index (κ2) is 9.50. The molecule has 1 amide bonds. The van der Waals surface area contributed by atoms with Gasteiger partial charge in [0.1, 0.15) is 22.7 Å². The maximum Gasteiger partial charge on any atom is 0.339 e. The molecule has 0 aliphatic heterocycles. The molecule has 0 radical (unpaired) electrons. The lowest BCUT2D eigenvalue weighted by Gasteiger charge is -2.37. The summed E-state index contributed by atoms with van der Waals surface area (Å²) >= 11 is 0. The molecule has 2 unspecified atom stereocenters. The normalized spacial score (nSPS) is 17.9. The zero-order valence-corrected chi connectivity index (χ0v) is 18.9. The second-order valence-electron chi connectivity index (χ2n) is 8.09. The highest BCUT2D eigenvalue weighted by atomic mass is 16.5. The Labute approximate surface area is 191 Å². The van der Waals surface area contributed by atoms with Crippen LogP contribution in [0, 0.1) is 6.92 Å². The van der Waals surface area contributed by atoms with Gasteiger partial charge in [0.2, 0.25) is 0 Å². The maximum atomic E-state index is 12.6. The zero-order chi connectivity index (χ0) is 24.3. The zero-order valence-electron chi connectivity index (χ0n) is 18.9. The molecular weight excluding hydrogens is 426 g/mol. The van der Waals surface area contributed by atoms with Crippen LogP contribution < -0.4 is 11.1 Å². The molecule has 0 spiro atoms. The van der Waals surface area contributed by atoms with Gasteiger partial charge in [0.25, 0.3) is 5.91 Å². The number of benzene rings is 1. The van der Waals surface area contributed by atoms with E-state index in [1.54, 1.807) is 6.92 Å². The SMILES string of the molecule is CCC(COC1(CC)C=CCc2nc(C)c(C(=O)O)c(N)c21)NC(=O)c1cc(O)cc(O)c1. The van der Waals surface area contributed by atoms with Crippen molar-refractivity contribution < 1.29 is 29.6 Å². The number of aromatic nitrogens is 1. The lowest BCUT2D eigenvalue weighted by Crippen LogP contribution is -2.42. The van der Waals surface area contributed by atoms with Gasteiger partial charge in [-0.3, -0.25) is 9.78 Å². The molecule has 9 heteroatoms. The molecule has 2 aromatic rings. The highest BCUT2D eigenvalue weighted by molar-refractivity contribution is 5.96. The molecule has 0 fully saturated rings. The monoisotopic (exact) mass is 455 g/mol. The first kappa shape index (κ1) is 24.1. The molecule has 0 bridgehead atoms. The highest BCUT2D eigenvalue weighted by Gasteiger charge is 2.38. The van der Waals surface area contributed by atoms with Crippen molar-refractivity contribution in [2.75, 3.05) is 12.3 Å². The van der Waals surface area contributed by atoms with E-state index in [4.69, 9.17) is 10.5 Å². The number of carbonyl (C=O) groups excluding carboxylic acids is 1. The average Bonchev–Trinajstić information content (AvgIpc) is 2.75. The number of anilines is 1. The lowest BCUT2D eigenvalue weighted by atomic mass is 9.82. The van der Waals surface area contributed by atoms with Crippen molar-refractivity contribution in [1.29, 1.82) is 0 Å². The van der Waals surface area contributed by atoms with E-state index in [1.807, 2.05) is 26.0 Å². The van der Waals surface area contributed by atoms with Gasteiger partial charge in [0, 0.05) is 23.6 Å². The number of nitrogens with two attached hydrogens (primary N) is 1. The summed E-state index contributed by atoms with van der Waals surface area (Å²) in [6, 6.07) is 3.28. The third kappa shape index (κ3) is 4.78. The van der Waals surface area contributed by atoms with Crippen LogP contribution in [0.3, 0.4) is 0 Å². The quantitative estimate of drug-likeness (QED) is 0.380. The van der Waals surface area contributed by atoms with Crippen LogP contribution in [0.25, 0.3) is 0 Å². The molecule has 0 saturated heterocycles. The second-order valence-corrected chi connectivity index (χ2v) is 8.09. The number of rotatable bonds is 8. The third-order valence-electron chi connectivity index (χ3n) is 5.89. The van der Waals surface area contributed by atoms with Crippen LogP contribution in [-0.2, 0) is 16.8 Å². The molecule has 0 saturated carbocycles. The fraction of sp³-hybridized carbons (Fsp3) is 0.375. The molecule has 1 aliphatic rings. The number of hydrogen-bond donors (Lipinski definition) is 5. The third-order valence-corrected chi connectivity index (χ3v) is 5.89. The van der Waals surface area contributed by atoms with Crippen LogP contribution in [0.4, 0.5) is 5.69 Å². The Morgan fingerprint density at radius 3 is 2.48 bits per heavy atom. The first-order valence-corrected chi connectivity index (χ1v) is 10.8. The number of pyridine rings is 1. The summed E-state index contributed by atoms with van der Waals surface area (Å²) in [5.74, 6) is -2.05. The number of phenolic OH excluding ortho intramolecular Hbond substituents is 2. The van der Waals surface area contributed by atoms with Crippen molar-refractivity contribution in [2.45, 2.75) is 51.7 Å². The standard InChI is InChI=1S/C24H29N3O6/c1-4-15(27-22(30)14-9-16(28)11-17(29)10-14)12-33-24(5-2)8-6-7-18-20(24)21(25)19(23(31)32)13(3)26-18/h6,8-11,15,28-29H,4-5,7,12H2,1-3H3,(H2,25,26)(H,27,30)(H,31,32). The highest BCUT2D eigenvalue weighted by Crippen LogP contribution is 2.42. The minimum absolute atomic E-state index is 0.0329. The van der Waals surface area contributed by atoms with Crippen molar-refractivity contribution in [3.8, 4) is 11.5 Å². The fourth-order valence-electron chi connectivity index (χ4n) is 4.15. The van der Waals surface area contributed by atoms with E-state index in [9.17, 15) is 24.9 Å².